The molecule has 1 amide bonds. The Morgan fingerprint density at radius 1 is 1.35 bits per heavy atom. The molecule has 1 saturated carbocycles. The molecule has 23 heavy (non-hydrogen) atoms. The van der Waals surface area contributed by atoms with E-state index in [1.165, 1.54) is 25.3 Å². The number of hydrogen-bond donors (Lipinski definition) is 1. The summed E-state index contributed by atoms with van der Waals surface area (Å²) in [5.74, 6) is 1.41. The van der Waals surface area contributed by atoms with Crippen LogP contribution in [0.1, 0.15) is 30.9 Å². The van der Waals surface area contributed by atoms with Gasteiger partial charge < -0.3 is 10.2 Å². The molecule has 1 spiro atoms. The van der Waals surface area contributed by atoms with Crippen LogP contribution in [0.25, 0.3) is 0 Å². The highest BCUT2D eigenvalue weighted by atomic mass is 79.9. The Morgan fingerprint density at radius 3 is 2.78 bits per heavy atom. The lowest BCUT2D eigenvalue weighted by atomic mass is 10.0. The van der Waals surface area contributed by atoms with Crippen molar-refractivity contribution in [3.63, 3.8) is 0 Å². The van der Waals surface area contributed by atoms with Crippen LogP contribution < -0.4 is 10.2 Å². The summed E-state index contributed by atoms with van der Waals surface area (Å²) in [6.45, 7) is 4.49. The van der Waals surface area contributed by atoms with Crippen LogP contribution in [0.3, 0.4) is 0 Å². The number of anilines is 3. The standard InChI is InChI=1S/C17H17BrN4O/c1-10-5-14(18)21-16(6-10)22-9-17(3-4-17)12-8-19-15(7-13(12)22)20-11(2)23/h5-8H,3-4,9H2,1-2H3,(H,19,20,23). The van der Waals surface area contributed by atoms with Crippen LogP contribution in [0.2, 0.25) is 0 Å². The minimum Gasteiger partial charge on any atom is -0.325 e. The molecule has 0 atom stereocenters. The van der Waals surface area contributed by atoms with Gasteiger partial charge in [0.05, 0.1) is 5.69 Å². The Morgan fingerprint density at radius 2 is 2.13 bits per heavy atom. The van der Waals surface area contributed by atoms with Gasteiger partial charge in [0.15, 0.2) is 0 Å². The fourth-order valence-electron chi connectivity index (χ4n) is 3.33. The zero-order chi connectivity index (χ0) is 16.2. The first-order valence-corrected chi connectivity index (χ1v) is 8.46. The van der Waals surface area contributed by atoms with E-state index in [0.29, 0.717) is 5.82 Å². The van der Waals surface area contributed by atoms with Gasteiger partial charge in [-0.15, -0.1) is 0 Å². The molecule has 2 aromatic heterocycles. The molecule has 2 aliphatic rings. The lowest BCUT2D eigenvalue weighted by Gasteiger charge is -2.20. The summed E-state index contributed by atoms with van der Waals surface area (Å²) in [6.07, 6.45) is 4.29. The molecule has 1 aliphatic heterocycles. The number of carbonyl (C=O) groups is 1. The van der Waals surface area contributed by atoms with Gasteiger partial charge in [-0.1, -0.05) is 0 Å². The van der Waals surface area contributed by atoms with Gasteiger partial charge in [0, 0.05) is 36.7 Å². The van der Waals surface area contributed by atoms with Gasteiger partial charge in [-0.3, -0.25) is 4.79 Å². The first-order valence-electron chi connectivity index (χ1n) is 7.67. The topological polar surface area (TPSA) is 58.1 Å². The van der Waals surface area contributed by atoms with Gasteiger partial charge >= 0.3 is 0 Å². The highest BCUT2D eigenvalue weighted by Gasteiger charge is 2.52. The first kappa shape index (κ1) is 14.6. The van der Waals surface area contributed by atoms with Crippen LogP contribution in [0.5, 0.6) is 0 Å². The van der Waals surface area contributed by atoms with Crippen molar-refractivity contribution in [2.24, 2.45) is 0 Å². The SMILES string of the molecule is CC(=O)Nc1cc2c(cn1)C1(CC1)CN2c1cc(C)cc(Br)n1. The molecule has 1 aliphatic carbocycles. The third-order valence-corrected chi connectivity index (χ3v) is 4.97. The quantitative estimate of drug-likeness (QED) is 0.816. The summed E-state index contributed by atoms with van der Waals surface area (Å²) in [6, 6.07) is 6.05. The lowest BCUT2D eigenvalue weighted by molar-refractivity contribution is -0.114. The Kier molecular flexibility index (Phi) is 3.20. The molecule has 4 rings (SSSR count). The number of amides is 1. The van der Waals surface area contributed by atoms with Crippen LogP contribution in [0.15, 0.2) is 29.0 Å². The molecular formula is C17H17BrN4O. The third kappa shape index (κ3) is 2.51. The van der Waals surface area contributed by atoms with Crippen LogP contribution >= 0.6 is 15.9 Å². The maximum atomic E-state index is 11.3. The molecule has 0 unspecified atom stereocenters. The van der Waals surface area contributed by atoms with Crippen molar-refractivity contribution in [1.29, 1.82) is 0 Å². The summed E-state index contributed by atoms with van der Waals surface area (Å²) in [7, 11) is 0. The Labute approximate surface area is 143 Å². The Bertz CT molecular complexity index is 796. The van der Waals surface area contributed by atoms with Crippen molar-refractivity contribution in [2.45, 2.75) is 32.1 Å². The minimum absolute atomic E-state index is 0.112. The number of nitrogens with one attached hydrogen (secondary N) is 1. The minimum atomic E-state index is -0.112. The molecular weight excluding hydrogens is 356 g/mol. The van der Waals surface area contributed by atoms with Gasteiger partial charge in [-0.25, -0.2) is 9.97 Å². The van der Waals surface area contributed by atoms with E-state index in [-0.39, 0.29) is 11.3 Å². The van der Waals surface area contributed by atoms with E-state index in [1.807, 2.05) is 18.3 Å². The summed E-state index contributed by atoms with van der Waals surface area (Å²) < 4.78 is 0.835. The number of pyridine rings is 2. The van der Waals surface area contributed by atoms with Crippen LogP contribution in [0.4, 0.5) is 17.3 Å². The van der Waals surface area contributed by atoms with Crippen molar-refractivity contribution in [3.05, 3.63) is 40.1 Å². The predicted octanol–water partition coefficient (Wildman–Crippen LogP) is 3.69. The Hall–Kier alpha value is -1.95. The second kappa shape index (κ2) is 5.03. The van der Waals surface area contributed by atoms with Crippen molar-refractivity contribution >= 4 is 39.2 Å². The van der Waals surface area contributed by atoms with Crippen molar-refractivity contribution in [2.75, 3.05) is 16.8 Å². The summed E-state index contributed by atoms with van der Waals surface area (Å²) in [5, 5.41) is 2.77. The number of rotatable bonds is 2. The van der Waals surface area contributed by atoms with Crippen molar-refractivity contribution in [3.8, 4) is 0 Å². The molecule has 5 nitrogen and oxygen atoms in total. The number of nitrogens with zero attached hydrogens (tertiary/aromatic N) is 3. The summed E-state index contributed by atoms with van der Waals surface area (Å²) in [4.78, 5) is 22.6. The van der Waals surface area contributed by atoms with E-state index in [1.54, 1.807) is 0 Å². The first-order chi connectivity index (χ1) is 11.0. The maximum absolute atomic E-state index is 11.3. The second-order valence-corrected chi connectivity index (χ2v) is 7.27. The zero-order valence-corrected chi connectivity index (χ0v) is 14.6. The monoisotopic (exact) mass is 372 g/mol. The Balaban J connectivity index is 1.80. The van der Waals surface area contributed by atoms with Gasteiger partial charge in [0.25, 0.3) is 0 Å². The smallest absolute Gasteiger partial charge is 0.222 e. The molecule has 3 heterocycles. The molecule has 1 N–H and O–H groups in total. The van der Waals surface area contributed by atoms with Gasteiger partial charge in [0.2, 0.25) is 5.91 Å². The molecule has 6 heteroatoms. The fraction of sp³-hybridized carbons (Fsp3) is 0.353. The number of hydrogen-bond acceptors (Lipinski definition) is 4. The van der Waals surface area contributed by atoms with Gasteiger partial charge in [0.1, 0.15) is 16.2 Å². The second-order valence-electron chi connectivity index (χ2n) is 6.46. The average molecular weight is 373 g/mol. The number of aromatic nitrogens is 2. The van der Waals surface area contributed by atoms with E-state index >= 15 is 0 Å². The lowest BCUT2D eigenvalue weighted by Crippen LogP contribution is -2.20. The zero-order valence-electron chi connectivity index (χ0n) is 13.1. The molecule has 0 bridgehead atoms. The van der Waals surface area contributed by atoms with Crippen molar-refractivity contribution < 1.29 is 4.79 Å². The molecule has 118 valence electrons. The number of aryl methyl sites for hydroxylation is 1. The molecule has 0 aromatic carbocycles. The van der Waals surface area contributed by atoms with Crippen LogP contribution in [0, 0.1) is 6.92 Å². The normalized spacial score (nSPS) is 17.3. The van der Waals surface area contributed by atoms with Crippen LogP contribution in [-0.2, 0) is 10.2 Å². The third-order valence-electron chi connectivity index (χ3n) is 4.56. The van der Waals surface area contributed by atoms with Crippen molar-refractivity contribution in [1.82, 2.24) is 9.97 Å². The molecule has 1 fully saturated rings. The maximum Gasteiger partial charge on any atom is 0.222 e. The van der Waals surface area contributed by atoms with Gasteiger partial charge in [-0.05, 0) is 53.4 Å². The molecule has 2 aromatic rings. The number of carbonyl (C=O) groups excluding carboxylic acids is 1. The average Bonchev–Trinajstić information content (AvgIpc) is 3.16. The predicted molar refractivity (Wildman–Crippen MR) is 93.1 cm³/mol. The molecule has 0 radical (unpaired) electrons. The fourth-order valence-corrected chi connectivity index (χ4v) is 3.87. The van der Waals surface area contributed by atoms with Gasteiger partial charge in [-0.2, -0.15) is 0 Å². The van der Waals surface area contributed by atoms with E-state index in [9.17, 15) is 4.79 Å². The highest BCUT2D eigenvalue weighted by Crippen LogP contribution is 2.58. The molecule has 0 saturated heterocycles. The van der Waals surface area contributed by atoms with E-state index < -0.39 is 0 Å². The summed E-state index contributed by atoms with van der Waals surface area (Å²) in [5.41, 5.74) is 3.75. The van der Waals surface area contributed by atoms with E-state index in [4.69, 9.17) is 0 Å². The number of halogens is 1. The van der Waals surface area contributed by atoms with E-state index in [2.05, 4.69) is 49.1 Å². The van der Waals surface area contributed by atoms with E-state index in [0.717, 1.165) is 28.2 Å². The highest BCUT2D eigenvalue weighted by molar-refractivity contribution is 9.10. The van der Waals surface area contributed by atoms with Crippen LogP contribution in [-0.4, -0.2) is 22.4 Å². The summed E-state index contributed by atoms with van der Waals surface area (Å²) >= 11 is 3.48. The largest absolute Gasteiger partial charge is 0.325 e. The number of fused-ring (bicyclic) bond motifs is 2.